The van der Waals surface area contributed by atoms with Crippen LogP contribution in [0.2, 0.25) is 0 Å². The first-order valence-corrected chi connectivity index (χ1v) is 32.0. The number of unbranched alkanes of at least 4 members (excludes halogenated alkanes) is 41. The largest absolute Gasteiger partial charge is 0.454 e. The average Bonchev–Trinajstić information content (AvgIpc) is 3.40. The number of hydrogen-bond donors (Lipinski definition) is 6. The number of carbonyl (C=O) groups is 2. The summed E-state index contributed by atoms with van der Waals surface area (Å²) in [6.45, 7) is 5.83. The van der Waals surface area contributed by atoms with E-state index in [2.05, 4.69) is 26.1 Å². The van der Waals surface area contributed by atoms with Gasteiger partial charge in [-0.05, 0) is 25.7 Å². The third kappa shape index (κ3) is 39.7. The molecule has 8 atom stereocenters. The maximum atomic E-state index is 13.4. The Balaban J connectivity index is 2.65. The number of hydrogen-bond acceptors (Lipinski definition) is 10. The maximum Gasteiger partial charge on any atom is 0.306 e. The molecule has 438 valence electrons. The molecule has 1 saturated heterocycles. The fourth-order valence-corrected chi connectivity index (χ4v) is 10.4. The van der Waals surface area contributed by atoms with E-state index in [-0.39, 0.29) is 13.0 Å². The highest BCUT2D eigenvalue weighted by molar-refractivity contribution is 5.80. The fraction of sp³-hybridized carbons (Fsp3) is 0.937. The van der Waals surface area contributed by atoms with Gasteiger partial charge >= 0.3 is 5.97 Å². The van der Waals surface area contributed by atoms with Crippen LogP contribution in [-0.4, -0.2) is 99.6 Å². The molecule has 1 rings (SSSR count). The number of aliphatic hydroxyl groups excluding tert-OH is 5. The smallest absolute Gasteiger partial charge is 0.306 e. The Kier molecular flexibility index (Phi) is 49.6. The molecule has 0 aromatic carbocycles. The van der Waals surface area contributed by atoms with Gasteiger partial charge in [0.2, 0.25) is 5.91 Å². The van der Waals surface area contributed by atoms with E-state index in [9.17, 15) is 35.1 Å². The number of rotatable bonds is 55. The summed E-state index contributed by atoms with van der Waals surface area (Å²) in [5.41, 5.74) is 0. The third-order valence-corrected chi connectivity index (χ3v) is 15.4. The van der Waals surface area contributed by atoms with Gasteiger partial charge in [0.1, 0.15) is 24.4 Å². The van der Waals surface area contributed by atoms with Crippen LogP contribution in [0.25, 0.3) is 0 Å². The van der Waals surface area contributed by atoms with Crippen LogP contribution >= 0.6 is 0 Å². The molecule has 11 heteroatoms. The summed E-state index contributed by atoms with van der Waals surface area (Å²) in [5.74, 6) is -1.18. The Labute approximate surface area is 455 Å². The molecule has 6 N–H and O–H groups in total. The lowest BCUT2D eigenvalue weighted by Crippen LogP contribution is -2.61. The van der Waals surface area contributed by atoms with Crippen molar-refractivity contribution in [3.05, 3.63) is 12.2 Å². The summed E-state index contributed by atoms with van der Waals surface area (Å²) in [7, 11) is 0. The van der Waals surface area contributed by atoms with E-state index in [1.807, 2.05) is 6.08 Å². The first kappa shape index (κ1) is 70.4. The molecular weight excluding hydrogens is 931 g/mol. The second-order valence-corrected chi connectivity index (χ2v) is 22.5. The lowest BCUT2D eigenvalue weighted by molar-refractivity contribution is -0.305. The Hall–Kier alpha value is -1.60. The summed E-state index contributed by atoms with van der Waals surface area (Å²) in [5, 5.41) is 57.0. The van der Waals surface area contributed by atoms with E-state index in [4.69, 9.17) is 14.2 Å². The standard InChI is InChI=1S/C63H121NO10/c1-4-7-10-13-16-19-22-25-27-29-31-33-36-39-42-45-48-51-58(68)74-61-60(70)59(69)57(52-65)73-63(61)72-53-54(55(66)49-46-43-40-37-34-24-21-18-15-12-9-6-3)64-62(71)56(67)50-47-44-41-38-35-32-30-28-26-23-20-17-14-11-8-5-2/h46,49,54-57,59-61,63,65-67,69-70H,4-45,47-48,50-53H2,1-3H3,(H,64,71)/b49-46+. The lowest BCUT2D eigenvalue weighted by Gasteiger charge is -2.41. The van der Waals surface area contributed by atoms with Crippen molar-refractivity contribution in [2.45, 2.75) is 365 Å². The molecule has 1 aliphatic rings. The van der Waals surface area contributed by atoms with Gasteiger partial charge in [-0.1, -0.05) is 296 Å². The molecule has 74 heavy (non-hydrogen) atoms. The van der Waals surface area contributed by atoms with Gasteiger partial charge in [-0.2, -0.15) is 0 Å². The van der Waals surface area contributed by atoms with Gasteiger partial charge in [-0.15, -0.1) is 0 Å². The molecule has 1 aliphatic heterocycles. The topological polar surface area (TPSA) is 175 Å². The highest BCUT2D eigenvalue weighted by atomic mass is 16.7. The summed E-state index contributed by atoms with van der Waals surface area (Å²) in [6, 6.07) is -1.02. The second kappa shape index (κ2) is 52.1. The normalized spacial score (nSPS) is 19.3. The van der Waals surface area contributed by atoms with E-state index in [1.165, 1.54) is 212 Å². The van der Waals surface area contributed by atoms with Crippen LogP contribution in [-0.2, 0) is 23.8 Å². The fourth-order valence-electron chi connectivity index (χ4n) is 10.4. The SMILES string of the molecule is CCCCCCCCCCCC/C=C/C(O)C(COC1OC(CO)C(O)C(O)C1OC(=O)CCCCCCCCCCCCCCCCCCC)NC(=O)C(O)CCCCCCCCCCCCCCCCCC. The molecule has 0 saturated carbocycles. The van der Waals surface area contributed by atoms with Crippen molar-refractivity contribution < 1.29 is 49.3 Å². The van der Waals surface area contributed by atoms with Gasteiger partial charge in [0.05, 0.1) is 25.4 Å². The van der Waals surface area contributed by atoms with Crippen molar-refractivity contribution in [3.63, 3.8) is 0 Å². The Bertz CT molecular complexity index is 1250. The predicted octanol–water partition coefficient (Wildman–Crippen LogP) is 15.1. The highest BCUT2D eigenvalue weighted by Crippen LogP contribution is 2.26. The molecule has 0 aromatic rings. The second-order valence-electron chi connectivity index (χ2n) is 22.5. The van der Waals surface area contributed by atoms with Crippen molar-refractivity contribution >= 4 is 11.9 Å². The zero-order valence-corrected chi connectivity index (χ0v) is 48.5. The number of nitrogens with one attached hydrogen (secondary N) is 1. The first-order valence-electron chi connectivity index (χ1n) is 32.0. The van der Waals surface area contributed by atoms with Crippen LogP contribution in [0.15, 0.2) is 12.2 Å². The van der Waals surface area contributed by atoms with Crippen molar-refractivity contribution in [2.24, 2.45) is 0 Å². The van der Waals surface area contributed by atoms with Gasteiger partial charge in [0, 0.05) is 6.42 Å². The summed E-state index contributed by atoms with van der Waals surface area (Å²) >= 11 is 0. The van der Waals surface area contributed by atoms with Crippen LogP contribution in [0.3, 0.4) is 0 Å². The molecule has 0 bridgehead atoms. The van der Waals surface area contributed by atoms with Crippen LogP contribution < -0.4 is 5.32 Å². The first-order chi connectivity index (χ1) is 36.2. The molecule has 11 nitrogen and oxygen atoms in total. The summed E-state index contributed by atoms with van der Waals surface area (Å²) in [4.78, 5) is 26.5. The molecule has 0 spiro atoms. The minimum Gasteiger partial charge on any atom is -0.454 e. The van der Waals surface area contributed by atoms with Crippen molar-refractivity contribution in [3.8, 4) is 0 Å². The van der Waals surface area contributed by atoms with Crippen molar-refractivity contribution in [2.75, 3.05) is 13.2 Å². The van der Waals surface area contributed by atoms with Crippen LogP contribution in [0.5, 0.6) is 0 Å². The summed E-state index contributed by atoms with van der Waals surface area (Å²) in [6.07, 6.45) is 48.2. The van der Waals surface area contributed by atoms with Crippen LogP contribution in [0, 0.1) is 0 Å². The van der Waals surface area contributed by atoms with Crippen molar-refractivity contribution in [1.82, 2.24) is 5.32 Å². The van der Waals surface area contributed by atoms with Gasteiger partial charge in [-0.3, -0.25) is 9.59 Å². The van der Waals surface area contributed by atoms with Crippen LogP contribution in [0.1, 0.15) is 316 Å². The number of amides is 1. The quantitative estimate of drug-likeness (QED) is 0.0195. The number of esters is 1. The van der Waals surface area contributed by atoms with Gasteiger partial charge in [0.25, 0.3) is 0 Å². The van der Waals surface area contributed by atoms with Crippen molar-refractivity contribution in [1.29, 1.82) is 0 Å². The Morgan fingerprint density at radius 1 is 0.514 bits per heavy atom. The third-order valence-electron chi connectivity index (χ3n) is 15.4. The zero-order chi connectivity index (χ0) is 54.0. The molecule has 1 fully saturated rings. The molecule has 0 radical (unpaired) electrons. The molecule has 8 unspecified atom stereocenters. The number of aliphatic hydroxyl groups is 5. The average molecular weight is 1050 g/mol. The molecule has 0 aromatic heterocycles. The van der Waals surface area contributed by atoms with Crippen LogP contribution in [0.4, 0.5) is 0 Å². The van der Waals surface area contributed by atoms with E-state index >= 15 is 0 Å². The molecule has 0 aliphatic carbocycles. The number of allylic oxidation sites excluding steroid dienone is 1. The van der Waals surface area contributed by atoms with E-state index < -0.39 is 67.4 Å². The van der Waals surface area contributed by atoms with Gasteiger partial charge < -0.3 is 45.1 Å². The predicted molar refractivity (Wildman–Crippen MR) is 306 cm³/mol. The van der Waals surface area contributed by atoms with E-state index in [0.717, 1.165) is 57.8 Å². The Morgan fingerprint density at radius 2 is 0.878 bits per heavy atom. The molecule has 1 heterocycles. The van der Waals surface area contributed by atoms with E-state index in [0.29, 0.717) is 19.3 Å². The molecular formula is C63H121NO10. The number of ether oxygens (including phenoxy) is 3. The maximum absolute atomic E-state index is 13.4. The van der Waals surface area contributed by atoms with E-state index in [1.54, 1.807) is 6.08 Å². The molecule has 1 amide bonds. The van der Waals surface area contributed by atoms with Gasteiger partial charge in [-0.25, -0.2) is 0 Å². The highest BCUT2D eigenvalue weighted by Gasteiger charge is 2.47. The Morgan fingerprint density at radius 3 is 1.27 bits per heavy atom. The van der Waals surface area contributed by atoms with Gasteiger partial charge in [0.15, 0.2) is 12.4 Å². The monoisotopic (exact) mass is 1050 g/mol. The zero-order valence-electron chi connectivity index (χ0n) is 48.5. The minimum atomic E-state index is -1.61. The number of carbonyl (C=O) groups excluding carboxylic acids is 2. The summed E-state index contributed by atoms with van der Waals surface area (Å²) < 4.78 is 17.6. The lowest BCUT2D eigenvalue weighted by atomic mass is 9.99. The minimum absolute atomic E-state index is 0.132.